The first-order valence-corrected chi connectivity index (χ1v) is 10.6. The number of benzene rings is 1. The average Bonchev–Trinajstić information content (AvgIpc) is 3.09. The summed E-state index contributed by atoms with van der Waals surface area (Å²) in [5.41, 5.74) is 6.78. The van der Waals surface area contributed by atoms with Crippen LogP contribution in [0.4, 0.5) is 0 Å². The largest absolute Gasteiger partial charge is 0.494 e. The van der Waals surface area contributed by atoms with E-state index in [0.717, 1.165) is 35.7 Å². The Morgan fingerprint density at radius 1 is 1.07 bits per heavy atom. The number of aromatic nitrogens is 1. The average molecular weight is 392 g/mol. The molecule has 1 aromatic carbocycles. The second kappa shape index (κ2) is 9.36. The summed E-state index contributed by atoms with van der Waals surface area (Å²) in [6.07, 6.45) is 8.89. The summed E-state index contributed by atoms with van der Waals surface area (Å²) in [5, 5.41) is 2.75. The third-order valence-corrected chi connectivity index (χ3v) is 5.39. The van der Waals surface area contributed by atoms with E-state index in [0.29, 0.717) is 6.61 Å². The molecule has 4 heteroatoms. The smallest absolute Gasteiger partial charge is 0.122 e. The molecular formula is C25H33N3O. The first-order chi connectivity index (χ1) is 14.0. The Kier molecular flexibility index (Phi) is 6.86. The zero-order valence-electron chi connectivity index (χ0n) is 18.4. The van der Waals surface area contributed by atoms with Gasteiger partial charge in [0.1, 0.15) is 11.3 Å². The molecule has 1 aromatic heterocycles. The highest BCUT2D eigenvalue weighted by Gasteiger charge is 2.28. The maximum absolute atomic E-state index is 5.88. The fourth-order valence-corrected chi connectivity index (χ4v) is 4.10. The van der Waals surface area contributed by atoms with Crippen LogP contribution >= 0.6 is 0 Å². The van der Waals surface area contributed by atoms with Gasteiger partial charge in [-0.05, 0) is 108 Å². The third-order valence-electron chi connectivity index (χ3n) is 5.39. The van der Waals surface area contributed by atoms with Gasteiger partial charge in [0, 0.05) is 11.3 Å². The normalized spacial score (nSPS) is 19.8. The lowest BCUT2D eigenvalue weighted by molar-refractivity contribution is 0.334. The Morgan fingerprint density at radius 3 is 2.45 bits per heavy atom. The van der Waals surface area contributed by atoms with Crippen LogP contribution in [0.3, 0.4) is 0 Å². The topological polar surface area (TPSA) is 46.5 Å². The van der Waals surface area contributed by atoms with Crippen LogP contribution in [0, 0.1) is 0 Å². The monoisotopic (exact) mass is 391 g/mol. The predicted octanol–water partition coefficient (Wildman–Crippen LogP) is 5.11. The molecule has 0 bridgehead atoms. The summed E-state index contributed by atoms with van der Waals surface area (Å²) in [4.78, 5) is 9.79. The minimum absolute atomic E-state index is 0.356. The second-order valence-electron chi connectivity index (χ2n) is 7.85. The SMILES string of the molecule is CCOc1ccc(-c2cccc(C3(C)C=CC(C)=N3)n2)c2c1CCCC2.CNC. The van der Waals surface area contributed by atoms with E-state index in [1.165, 1.54) is 29.5 Å². The van der Waals surface area contributed by atoms with Crippen molar-refractivity contribution in [1.29, 1.82) is 0 Å². The molecular weight excluding hydrogens is 358 g/mol. The molecule has 2 aliphatic rings. The Balaban J connectivity index is 0.000000755. The number of allylic oxidation sites excluding steroid dienone is 1. The number of nitrogens with zero attached hydrogens (tertiary/aromatic N) is 2. The molecule has 1 atom stereocenters. The molecule has 0 radical (unpaired) electrons. The summed E-state index contributed by atoms with van der Waals surface area (Å²) < 4.78 is 5.88. The van der Waals surface area contributed by atoms with Crippen molar-refractivity contribution in [1.82, 2.24) is 10.3 Å². The quantitative estimate of drug-likeness (QED) is 0.788. The van der Waals surface area contributed by atoms with Crippen LogP contribution in [0.2, 0.25) is 0 Å². The highest BCUT2D eigenvalue weighted by molar-refractivity contribution is 5.95. The van der Waals surface area contributed by atoms with E-state index in [1.807, 2.05) is 27.9 Å². The number of fused-ring (bicyclic) bond motifs is 1. The van der Waals surface area contributed by atoms with Crippen molar-refractivity contribution >= 4 is 5.71 Å². The third kappa shape index (κ3) is 4.59. The van der Waals surface area contributed by atoms with E-state index in [4.69, 9.17) is 14.7 Å². The maximum Gasteiger partial charge on any atom is 0.122 e. The van der Waals surface area contributed by atoms with Crippen LogP contribution in [0.1, 0.15) is 50.4 Å². The molecule has 2 aromatic rings. The number of hydrogen-bond acceptors (Lipinski definition) is 4. The Labute approximate surface area is 175 Å². The number of hydrogen-bond donors (Lipinski definition) is 1. The van der Waals surface area contributed by atoms with E-state index in [-0.39, 0.29) is 5.54 Å². The maximum atomic E-state index is 5.88. The standard InChI is InChI=1S/C23H26N2O.C2H7N/c1-4-26-21-13-12-18(17-8-5-6-9-19(17)21)20-10-7-11-22(24-20)23(3)15-14-16(2)25-23;1-3-2/h7,10-15H,4-6,8-9H2,1-3H3;3H,1-2H3. The van der Waals surface area contributed by atoms with Crippen LogP contribution in [0.25, 0.3) is 11.3 Å². The van der Waals surface area contributed by atoms with Gasteiger partial charge in [-0.1, -0.05) is 6.07 Å². The van der Waals surface area contributed by atoms with Crippen molar-refractivity contribution in [2.45, 2.75) is 52.0 Å². The van der Waals surface area contributed by atoms with Crippen LogP contribution in [0.15, 0.2) is 47.5 Å². The number of pyridine rings is 1. The summed E-state index contributed by atoms with van der Waals surface area (Å²) in [7, 11) is 3.75. The van der Waals surface area contributed by atoms with Crippen molar-refractivity contribution in [3.05, 3.63) is 59.3 Å². The van der Waals surface area contributed by atoms with Crippen molar-refractivity contribution in [3.63, 3.8) is 0 Å². The van der Waals surface area contributed by atoms with E-state index in [2.05, 4.69) is 54.7 Å². The lowest BCUT2D eigenvalue weighted by Gasteiger charge is -2.23. The fourth-order valence-electron chi connectivity index (χ4n) is 4.10. The van der Waals surface area contributed by atoms with Crippen LogP contribution < -0.4 is 10.1 Å². The molecule has 2 heterocycles. The van der Waals surface area contributed by atoms with E-state index in [9.17, 15) is 0 Å². The van der Waals surface area contributed by atoms with E-state index in [1.54, 1.807) is 0 Å². The van der Waals surface area contributed by atoms with Gasteiger partial charge in [-0.15, -0.1) is 0 Å². The van der Waals surface area contributed by atoms with Gasteiger partial charge in [0.15, 0.2) is 0 Å². The Morgan fingerprint density at radius 2 is 1.79 bits per heavy atom. The van der Waals surface area contributed by atoms with Crippen molar-refractivity contribution < 1.29 is 4.74 Å². The van der Waals surface area contributed by atoms with Gasteiger partial charge in [-0.3, -0.25) is 4.99 Å². The van der Waals surface area contributed by atoms with Crippen molar-refractivity contribution in [3.8, 4) is 17.0 Å². The molecule has 0 fully saturated rings. The van der Waals surface area contributed by atoms with Gasteiger partial charge in [-0.2, -0.15) is 0 Å². The van der Waals surface area contributed by atoms with E-state index < -0.39 is 0 Å². The molecule has 0 amide bonds. The number of ether oxygens (including phenoxy) is 1. The first kappa shape index (κ1) is 21.3. The van der Waals surface area contributed by atoms with Crippen molar-refractivity contribution in [2.24, 2.45) is 4.99 Å². The lowest BCUT2D eigenvalue weighted by Crippen LogP contribution is -2.16. The highest BCUT2D eigenvalue weighted by atomic mass is 16.5. The Bertz CT molecular complexity index is 916. The lowest BCUT2D eigenvalue weighted by atomic mass is 9.86. The summed E-state index contributed by atoms with van der Waals surface area (Å²) in [5.74, 6) is 1.05. The zero-order chi connectivity index (χ0) is 20.9. The number of aliphatic imine (C=N–C) groups is 1. The summed E-state index contributed by atoms with van der Waals surface area (Å²) in [6.45, 7) is 6.92. The van der Waals surface area contributed by atoms with Gasteiger partial charge in [0.2, 0.25) is 0 Å². The minimum Gasteiger partial charge on any atom is -0.494 e. The predicted molar refractivity (Wildman–Crippen MR) is 122 cm³/mol. The molecule has 1 aliphatic heterocycles. The summed E-state index contributed by atoms with van der Waals surface area (Å²) in [6, 6.07) is 10.6. The van der Waals surface area contributed by atoms with Gasteiger partial charge in [0.05, 0.1) is 18.0 Å². The van der Waals surface area contributed by atoms with Crippen LogP contribution in [0.5, 0.6) is 5.75 Å². The van der Waals surface area contributed by atoms with E-state index >= 15 is 0 Å². The highest BCUT2D eigenvalue weighted by Crippen LogP contribution is 2.38. The van der Waals surface area contributed by atoms with Gasteiger partial charge in [-0.25, -0.2) is 4.98 Å². The molecule has 1 aliphatic carbocycles. The molecule has 1 N–H and O–H groups in total. The molecule has 4 nitrogen and oxygen atoms in total. The number of rotatable bonds is 4. The van der Waals surface area contributed by atoms with Crippen LogP contribution in [-0.4, -0.2) is 31.4 Å². The molecule has 0 spiro atoms. The molecule has 1 unspecified atom stereocenters. The van der Waals surface area contributed by atoms with Crippen molar-refractivity contribution in [2.75, 3.05) is 20.7 Å². The first-order valence-electron chi connectivity index (χ1n) is 10.6. The number of nitrogens with one attached hydrogen (secondary N) is 1. The molecule has 154 valence electrons. The molecule has 4 rings (SSSR count). The van der Waals surface area contributed by atoms with Gasteiger partial charge in [0.25, 0.3) is 0 Å². The minimum atomic E-state index is -0.356. The van der Waals surface area contributed by atoms with Gasteiger partial charge >= 0.3 is 0 Å². The molecule has 0 saturated carbocycles. The van der Waals surface area contributed by atoms with Crippen LogP contribution in [-0.2, 0) is 18.4 Å². The second-order valence-corrected chi connectivity index (χ2v) is 7.85. The Hall–Kier alpha value is -2.46. The summed E-state index contributed by atoms with van der Waals surface area (Å²) >= 11 is 0. The fraction of sp³-hybridized carbons (Fsp3) is 0.440. The zero-order valence-corrected chi connectivity index (χ0v) is 18.4. The van der Waals surface area contributed by atoms with Gasteiger partial charge < -0.3 is 10.1 Å². The molecule has 29 heavy (non-hydrogen) atoms. The molecule has 0 saturated heterocycles.